The summed E-state index contributed by atoms with van der Waals surface area (Å²) in [5.41, 5.74) is 9.00. The fourth-order valence-electron chi connectivity index (χ4n) is 2.43. The number of carbonyl (C=O) groups excluding carboxylic acids is 1. The summed E-state index contributed by atoms with van der Waals surface area (Å²) in [5.74, 6) is -0.0950. The smallest absolute Gasteiger partial charge is 0.253 e. The lowest BCUT2D eigenvalue weighted by Crippen LogP contribution is -2.26. The number of anilines is 1. The molecule has 4 N–H and O–H groups in total. The first-order valence-electron chi connectivity index (χ1n) is 6.87. The Balaban J connectivity index is 1.84. The van der Waals surface area contributed by atoms with Gasteiger partial charge in [0.15, 0.2) is 0 Å². The van der Waals surface area contributed by atoms with Crippen molar-refractivity contribution in [2.24, 2.45) is 0 Å². The number of fused-ring (bicyclic) bond motifs is 1. The molecule has 1 amide bonds. The summed E-state index contributed by atoms with van der Waals surface area (Å²) in [6.45, 7) is 1.97. The Bertz CT molecular complexity index is 777. The van der Waals surface area contributed by atoms with Crippen molar-refractivity contribution in [3.8, 4) is 0 Å². The highest BCUT2D eigenvalue weighted by atomic mass is 16.1. The van der Waals surface area contributed by atoms with Crippen molar-refractivity contribution in [1.29, 1.82) is 0 Å². The number of amides is 1. The number of aromatic nitrogens is 1. The number of H-pyrrole nitrogens is 1. The van der Waals surface area contributed by atoms with Crippen LogP contribution in [0.5, 0.6) is 0 Å². The molecule has 0 saturated carbocycles. The molecular formula is C17H17N3O. The summed E-state index contributed by atoms with van der Waals surface area (Å²) in [4.78, 5) is 15.5. The SMILES string of the molecule is CC(NC(=O)c1c[nH]c2cc(N)ccc12)c1ccccc1. The fourth-order valence-corrected chi connectivity index (χ4v) is 2.43. The zero-order valence-electron chi connectivity index (χ0n) is 11.8. The second-order valence-corrected chi connectivity index (χ2v) is 5.11. The number of hydrogen-bond acceptors (Lipinski definition) is 2. The number of nitrogens with two attached hydrogens (primary N) is 1. The summed E-state index contributed by atoms with van der Waals surface area (Å²) in [6, 6.07) is 15.3. The molecule has 0 aliphatic carbocycles. The number of aromatic amines is 1. The summed E-state index contributed by atoms with van der Waals surface area (Å²) in [6.07, 6.45) is 1.72. The van der Waals surface area contributed by atoms with Crippen molar-refractivity contribution < 1.29 is 4.79 Å². The van der Waals surface area contributed by atoms with Gasteiger partial charge in [-0.25, -0.2) is 0 Å². The molecule has 21 heavy (non-hydrogen) atoms. The molecule has 0 saturated heterocycles. The molecule has 1 unspecified atom stereocenters. The standard InChI is InChI=1S/C17H17N3O/c1-11(12-5-3-2-4-6-12)20-17(21)15-10-19-16-9-13(18)7-8-14(15)16/h2-11,19H,18H2,1H3,(H,20,21). The molecule has 1 atom stereocenters. The third kappa shape index (κ3) is 2.60. The van der Waals surface area contributed by atoms with Gasteiger partial charge in [-0.2, -0.15) is 0 Å². The van der Waals surface area contributed by atoms with E-state index in [0.717, 1.165) is 16.5 Å². The van der Waals surface area contributed by atoms with Gasteiger partial charge in [-0.1, -0.05) is 30.3 Å². The van der Waals surface area contributed by atoms with E-state index in [2.05, 4.69) is 10.3 Å². The van der Waals surface area contributed by atoms with Crippen LogP contribution < -0.4 is 11.1 Å². The van der Waals surface area contributed by atoms with Crippen molar-refractivity contribution in [3.05, 3.63) is 65.9 Å². The van der Waals surface area contributed by atoms with Crippen molar-refractivity contribution >= 4 is 22.5 Å². The minimum atomic E-state index is -0.0950. The molecule has 0 fully saturated rings. The largest absolute Gasteiger partial charge is 0.399 e. The molecule has 4 heteroatoms. The molecule has 2 aromatic carbocycles. The molecule has 1 heterocycles. The molecule has 4 nitrogen and oxygen atoms in total. The van der Waals surface area contributed by atoms with Crippen LogP contribution in [-0.2, 0) is 0 Å². The molecule has 0 bridgehead atoms. The molecule has 106 valence electrons. The predicted octanol–water partition coefficient (Wildman–Crippen LogP) is 3.24. The highest BCUT2D eigenvalue weighted by Crippen LogP contribution is 2.21. The topological polar surface area (TPSA) is 70.9 Å². The second kappa shape index (κ2) is 5.32. The van der Waals surface area contributed by atoms with Gasteiger partial charge in [0.05, 0.1) is 11.6 Å². The lowest BCUT2D eigenvalue weighted by Gasteiger charge is -2.13. The van der Waals surface area contributed by atoms with Gasteiger partial charge in [0.1, 0.15) is 0 Å². The summed E-state index contributed by atoms with van der Waals surface area (Å²) >= 11 is 0. The molecule has 3 aromatic rings. The lowest BCUT2D eigenvalue weighted by atomic mass is 10.1. The molecule has 0 aliphatic heterocycles. The van der Waals surface area contributed by atoms with Gasteiger partial charge in [-0.05, 0) is 30.7 Å². The van der Waals surface area contributed by atoms with E-state index in [9.17, 15) is 4.79 Å². The first-order chi connectivity index (χ1) is 10.1. The Hall–Kier alpha value is -2.75. The van der Waals surface area contributed by atoms with Crippen LogP contribution in [0.15, 0.2) is 54.7 Å². The van der Waals surface area contributed by atoms with Gasteiger partial charge < -0.3 is 16.0 Å². The minimum absolute atomic E-state index is 0.0440. The van der Waals surface area contributed by atoms with Crippen LogP contribution in [-0.4, -0.2) is 10.9 Å². The van der Waals surface area contributed by atoms with Gasteiger partial charge in [-0.15, -0.1) is 0 Å². The van der Waals surface area contributed by atoms with Crippen LogP contribution in [0.2, 0.25) is 0 Å². The summed E-state index contributed by atoms with van der Waals surface area (Å²) in [5, 5.41) is 3.89. The Morgan fingerprint density at radius 1 is 1.19 bits per heavy atom. The van der Waals surface area contributed by atoms with E-state index in [1.807, 2.05) is 49.4 Å². The van der Waals surface area contributed by atoms with E-state index in [4.69, 9.17) is 5.73 Å². The Morgan fingerprint density at radius 3 is 2.71 bits per heavy atom. The number of nitrogen functional groups attached to an aromatic ring is 1. The van der Waals surface area contributed by atoms with Crippen molar-refractivity contribution in [1.82, 2.24) is 10.3 Å². The highest BCUT2D eigenvalue weighted by Gasteiger charge is 2.15. The average molecular weight is 279 g/mol. The molecule has 1 aromatic heterocycles. The van der Waals surface area contributed by atoms with E-state index in [-0.39, 0.29) is 11.9 Å². The first-order valence-corrected chi connectivity index (χ1v) is 6.87. The summed E-state index contributed by atoms with van der Waals surface area (Å²) in [7, 11) is 0. The lowest BCUT2D eigenvalue weighted by molar-refractivity contribution is 0.0941. The van der Waals surface area contributed by atoms with Crippen LogP contribution in [0.25, 0.3) is 10.9 Å². The number of nitrogens with one attached hydrogen (secondary N) is 2. The number of carbonyl (C=O) groups is 1. The molecule has 0 spiro atoms. The zero-order chi connectivity index (χ0) is 14.8. The third-order valence-corrected chi connectivity index (χ3v) is 3.60. The highest BCUT2D eigenvalue weighted by molar-refractivity contribution is 6.07. The molecule has 0 radical (unpaired) electrons. The molecular weight excluding hydrogens is 262 g/mol. The average Bonchev–Trinajstić information content (AvgIpc) is 2.91. The normalized spacial score (nSPS) is 12.2. The van der Waals surface area contributed by atoms with Crippen LogP contribution in [0.3, 0.4) is 0 Å². The van der Waals surface area contributed by atoms with Crippen molar-refractivity contribution in [2.75, 3.05) is 5.73 Å². The van der Waals surface area contributed by atoms with Crippen LogP contribution in [0.1, 0.15) is 28.9 Å². The van der Waals surface area contributed by atoms with E-state index in [1.165, 1.54) is 0 Å². The van der Waals surface area contributed by atoms with Gasteiger partial charge in [-0.3, -0.25) is 4.79 Å². The molecule has 3 rings (SSSR count). The van der Waals surface area contributed by atoms with Gasteiger partial charge in [0.2, 0.25) is 0 Å². The number of hydrogen-bond donors (Lipinski definition) is 3. The van der Waals surface area contributed by atoms with Gasteiger partial charge in [0, 0.05) is 22.8 Å². The Kier molecular flexibility index (Phi) is 3.36. The fraction of sp³-hybridized carbons (Fsp3) is 0.118. The maximum atomic E-state index is 12.4. The van der Waals surface area contributed by atoms with Crippen molar-refractivity contribution in [2.45, 2.75) is 13.0 Å². The quantitative estimate of drug-likeness (QED) is 0.644. The second-order valence-electron chi connectivity index (χ2n) is 5.11. The van der Waals surface area contributed by atoms with E-state index >= 15 is 0 Å². The Labute approximate surface area is 123 Å². The van der Waals surface area contributed by atoms with Crippen LogP contribution >= 0.6 is 0 Å². The van der Waals surface area contributed by atoms with Gasteiger partial charge in [0.25, 0.3) is 5.91 Å². The van der Waals surface area contributed by atoms with Gasteiger partial charge >= 0.3 is 0 Å². The van der Waals surface area contributed by atoms with Crippen molar-refractivity contribution in [3.63, 3.8) is 0 Å². The molecule has 0 aliphatic rings. The van der Waals surface area contributed by atoms with Crippen LogP contribution in [0.4, 0.5) is 5.69 Å². The van der Waals surface area contributed by atoms with Crippen LogP contribution in [0, 0.1) is 0 Å². The maximum absolute atomic E-state index is 12.4. The minimum Gasteiger partial charge on any atom is -0.399 e. The van der Waals surface area contributed by atoms with E-state index in [1.54, 1.807) is 12.3 Å². The van der Waals surface area contributed by atoms with E-state index in [0.29, 0.717) is 11.3 Å². The predicted molar refractivity (Wildman–Crippen MR) is 85.0 cm³/mol. The number of benzene rings is 2. The maximum Gasteiger partial charge on any atom is 0.253 e. The Morgan fingerprint density at radius 2 is 1.95 bits per heavy atom. The third-order valence-electron chi connectivity index (χ3n) is 3.60. The first kappa shape index (κ1) is 13.2. The number of rotatable bonds is 3. The van der Waals surface area contributed by atoms with E-state index < -0.39 is 0 Å². The zero-order valence-corrected chi connectivity index (χ0v) is 11.8. The monoisotopic (exact) mass is 279 g/mol. The summed E-state index contributed by atoms with van der Waals surface area (Å²) < 4.78 is 0.